The van der Waals surface area contributed by atoms with Crippen LogP contribution in [0.4, 0.5) is 0 Å². The summed E-state index contributed by atoms with van der Waals surface area (Å²) < 4.78 is 0. The molecule has 0 saturated heterocycles. The summed E-state index contributed by atoms with van der Waals surface area (Å²) in [5.74, 6) is 1.50. The minimum absolute atomic E-state index is 0.487. The zero-order chi connectivity index (χ0) is 15.5. The monoisotopic (exact) mass is 287 g/mol. The lowest BCUT2D eigenvalue weighted by Gasteiger charge is -2.41. The number of aryl methyl sites for hydroxylation is 1. The summed E-state index contributed by atoms with van der Waals surface area (Å²) in [6.45, 7) is 12.8. The summed E-state index contributed by atoms with van der Waals surface area (Å²) in [6.07, 6.45) is 5.18. The minimum atomic E-state index is 0.487. The lowest BCUT2D eigenvalue weighted by atomic mass is 9.65. The summed E-state index contributed by atoms with van der Waals surface area (Å²) in [5, 5.41) is 3.67. The predicted molar refractivity (Wildman–Crippen MR) is 92.8 cm³/mol. The number of benzene rings is 1. The van der Waals surface area contributed by atoms with Crippen molar-refractivity contribution in [1.82, 2.24) is 5.32 Å². The second kappa shape index (κ2) is 6.96. The highest BCUT2D eigenvalue weighted by atomic mass is 14.9. The van der Waals surface area contributed by atoms with Crippen LogP contribution in [0.5, 0.6) is 0 Å². The smallest absolute Gasteiger partial charge is 0.00104 e. The Morgan fingerprint density at radius 2 is 2.05 bits per heavy atom. The van der Waals surface area contributed by atoms with E-state index in [1.807, 2.05) is 0 Å². The Balaban J connectivity index is 2.19. The zero-order valence-electron chi connectivity index (χ0n) is 14.6. The number of hydrogen-bond acceptors (Lipinski definition) is 1. The first-order valence-electron chi connectivity index (χ1n) is 8.73. The van der Waals surface area contributed by atoms with Crippen LogP contribution in [0.3, 0.4) is 0 Å². The maximum Gasteiger partial charge on any atom is 0.00104 e. The highest BCUT2D eigenvalue weighted by Gasteiger charge is 2.35. The molecule has 1 nitrogen and oxygen atoms in total. The molecule has 0 radical (unpaired) electrons. The van der Waals surface area contributed by atoms with E-state index in [1.54, 1.807) is 5.56 Å². The minimum Gasteiger partial charge on any atom is -0.314 e. The van der Waals surface area contributed by atoms with E-state index in [2.05, 4.69) is 64.2 Å². The van der Waals surface area contributed by atoms with E-state index in [4.69, 9.17) is 0 Å². The van der Waals surface area contributed by atoms with Crippen LogP contribution in [0.15, 0.2) is 24.3 Å². The van der Waals surface area contributed by atoms with Crippen molar-refractivity contribution in [3.63, 3.8) is 0 Å². The molecule has 0 heterocycles. The van der Waals surface area contributed by atoms with Crippen molar-refractivity contribution in [1.29, 1.82) is 0 Å². The van der Waals surface area contributed by atoms with Gasteiger partial charge >= 0.3 is 0 Å². The van der Waals surface area contributed by atoms with Gasteiger partial charge in [0.25, 0.3) is 0 Å². The van der Waals surface area contributed by atoms with Gasteiger partial charge in [-0.2, -0.15) is 0 Å². The molecule has 2 rings (SSSR count). The quantitative estimate of drug-likeness (QED) is 0.789. The van der Waals surface area contributed by atoms with Crippen molar-refractivity contribution in [2.45, 2.75) is 72.3 Å². The SMILES string of the molecule is CCc1cccc(C2CC(C)(C)CCC2CNC(C)C)c1. The van der Waals surface area contributed by atoms with Crippen LogP contribution >= 0.6 is 0 Å². The van der Waals surface area contributed by atoms with Crippen LogP contribution in [0.1, 0.15) is 70.9 Å². The van der Waals surface area contributed by atoms with E-state index >= 15 is 0 Å². The van der Waals surface area contributed by atoms with Gasteiger partial charge in [-0.05, 0) is 60.6 Å². The summed E-state index contributed by atoms with van der Waals surface area (Å²) in [7, 11) is 0. The maximum absolute atomic E-state index is 3.67. The molecular formula is C20H33N. The lowest BCUT2D eigenvalue weighted by Crippen LogP contribution is -2.37. The molecule has 1 saturated carbocycles. The number of rotatable bonds is 5. The Morgan fingerprint density at radius 1 is 1.29 bits per heavy atom. The first kappa shape index (κ1) is 16.5. The highest BCUT2D eigenvalue weighted by Crippen LogP contribution is 2.46. The van der Waals surface area contributed by atoms with Crippen molar-refractivity contribution in [2.75, 3.05) is 6.54 Å². The number of hydrogen-bond donors (Lipinski definition) is 1. The Bertz CT molecular complexity index is 445. The van der Waals surface area contributed by atoms with E-state index in [0.717, 1.165) is 18.9 Å². The fraction of sp³-hybridized carbons (Fsp3) is 0.700. The molecular weight excluding hydrogens is 254 g/mol. The highest BCUT2D eigenvalue weighted by molar-refractivity contribution is 5.28. The van der Waals surface area contributed by atoms with Crippen LogP contribution in [0, 0.1) is 11.3 Å². The largest absolute Gasteiger partial charge is 0.314 e. The summed E-state index contributed by atoms with van der Waals surface area (Å²) in [4.78, 5) is 0. The summed E-state index contributed by atoms with van der Waals surface area (Å²) in [5.41, 5.74) is 3.53. The van der Waals surface area contributed by atoms with Gasteiger partial charge in [-0.3, -0.25) is 0 Å². The van der Waals surface area contributed by atoms with Gasteiger partial charge in [-0.15, -0.1) is 0 Å². The Labute approximate surface area is 131 Å². The van der Waals surface area contributed by atoms with Crippen molar-refractivity contribution >= 4 is 0 Å². The van der Waals surface area contributed by atoms with Gasteiger partial charge in [0.2, 0.25) is 0 Å². The second-order valence-corrected chi connectivity index (χ2v) is 7.94. The average molecular weight is 287 g/mol. The third-order valence-electron chi connectivity index (χ3n) is 5.11. The molecule has 0 aliphatic heterocycles. The van der Waals surface area contributed by atoms with Gasteiger partial charge in [0.15, 0.2) is 0 Å². The molecule has 0 bridgehead atoms. The molecule has 1 aliphatic carbocycles. The van der Waals surface area contributed by atoms with Crippen molar-refractivity contribution < 1.29 is 0 Å². The third kappa shape index (κ3) is 4.57. The van der Waals surface area contributed by atoms with Crippen molar-refractivity contribution in [3.8, 4) is 0 Å². The van der Waals surface area contributed by atoms with Crippen LogP contribution in [-0.2, 0) is 6.42 Å². The van der Waals surface area contributed by atoms with E-state index in [1.165, 1.54) is 24.8 Å². The van der Waals surface area contributed by atoms with Gasteiger partial charge in [0.1, 0.15) is 0 Å². The van der Waals surface area contributed by atoms with Gasteiger partial charge in [-0.25, -0.2) is 0 Å². The van der Waals surface area contributed by atoms with Gasteiger partial charge < -0.3 is 5.32 Å². The molecule has 118 valence electrons. The molecule has 0 amide bonds. The molecule has 21 heavy (non-hydrogen) atoms. The Hall–Kier alpha value is -0.820. The second-order valence-electron chi connectivity index (χ2n) is 7.94. The fourth-order valence-electron chi connectivity index (χ4n) is 3.71. The van der Waals surface area contributed by atoms with Crippen LogP contribution < -0.4 is 5.32 Å². The van der Waals surface area contributed by atoms with E-state index in [0.29, 0.717) is 17.4 Å². The van der Waals surface area contributed by atoms with Crippen molar-refractivity contribution in [2.24, 2.45) is 11.3 Å². The van der Waals surface area contributed by atoms with E-state index < -0.39 is 0 Å². The molecule has 2 atom stereocenters. The fourth-order valence-corrected chi connectivity index (χ4v) is 3.71. The summed E-state index contributed by atoms with van der Waals surface area (Å²) in [6, 6.07) is 9.91. The molecule has 1 fully saturated rings. The molecule has 1 aromatic rings. The predicted octanol–water partition coefficient (Wildman–Crippen LogP) is 5.16. The van der Waals surface area contributed by atoms with E-state index in [9.17, 15) is 0 Å². The molecule has 1 aliphatic rings. The Morgan fingerprint density at radius 3 is 2.71 bits per heavy atom. The van der Waals surface area contributed by atoms with Crippen LogP contribution in [0.25, 0.3) is 0 Å². The zero-order valence-corrected chi connectivity index (χ0v) is 14.6. The molecule has 0 aromatic heterocycles. The van der Waals surface area contributed by atoms with Gasteiger partial charge in [0.05, 0.1) is 0 Å². The van der Waals surface area contributed by atoms with Crippen molar-refractivity contribution in [3.05, 3.63) is 35.4 Å². The Kier molecular flexibility index (Phi) is 5.48. The maximum atomic E-state index is 3.67. The normalized spacial score (nSPS) is 25.2. The summed E-state index contributed by atoms with van der Waals surface area (Å²) >= 11 is 0. The standard InChI is InChI=1S/C20H33N/c1-6-16-8-7-9-17(12-16)19-13-20(4,5)11-10-18(19)14-21-15(2)3/h7-9,12,15,18-19,21H,6,10-11,13-14H2,1-5H3. The van der Waals surface area contributed by atoms with Crippen LogP contribution in [-0.4, -0.2) is 12.6 Å². The molecule has 0 spiro atoms. The first-order valence-corrected chi connectivity index (χ1v) is 8.73. The first-order chi connectivity index (χ1) is 9.91. The molecule has 1 heteroatoms. The number of nitrogens with one attached hydrogen (secondary N) is 1. The third-order valence-corrected chi connectivity index (χ3v) is 5.11. The lowest BCUT2D eigenvalue weighted by molar-refractivity contribution is 0.158. The van der Waals surface area contributed by atoms with Gasteiger partial charge in [0, 0.05) is 6.04 Å². The van der Waals surface area contributed by atoms with Gasteiger partial charge in [-0.1, -0.05) is 58.9 Å². The molecule has 1 N–H and O–H groups in total. The van der Waals surface area contributed by atoms with E-state index in [-0.39, 0.29) is 0 Å². The average Bonchev–Trinajstić information content (AvgIpc) is 2.45. The topological polar surface area (TPSA) is 12.0 Å². The molecule has 2 unspecified atom stereocenters. The molecule has 1 aromatic carbocycles. The van der Waals surface area contributed by atoms with Crippen LogP contribution in [0.2, 0.25) is 0 Å².